The molecule has 0 aliphatic heterocycles. The summed E-state index contributed by atoms with van der Waals surface area (Å²) < 4.78 is 22.8. The molecule has 0 unspecified atom stereocenters. The molecule has 0 saturated carbocycles. The SMILES string of the molecule is CCCCN(CCCl)C(=O)c1ccc(S(C)(=O)=O)cc1. The molecule has 112 valence electrons. The van der Waals surface area contributed by atoms with E-state index in [9.17, 15) is 13.2 Å². The molecule has 0 aliphatic rings. The van der Waals surface area contributed by atoms with E-state index in [2.05, 4.69) is 6.92 Å². The topological polar surface area (TPSA) is 54.5 Å². The van der Waals surface area contributed by atoms with Gasteiger partial charge in [-0.25, -0.2) is 8.42 Å². The van der Waals surface area contributed by atoms with Crippen molar-refractivity contribution in [2.24, 2.45) is 0 Å². The number of sulfone groups is 1. The highest BCUT2D eigenvalue weighted by molar-refractivity contribution is 7.90. The number of carbonyl (C=O) groups excluding carboxylic acids is 1. The van der Waals surface area contributed by atoms with Gasteiger partial charge in [-0.15, -0.1) is 11.6 Å². The third-order valence-electron chi connectivity index (χ3n) is 2.95. The van der Waals surface area contributed by atoms with Crippen molar-refractivity contribution in [2.75, 3.05) is 25.2 Å². The van der Waals surface area contributed by atoms with Crippen molar-refractivity contribution in [3.63, 3.8) is 0 Å². The van der Waals surface area contributed by atoms with Gasteiger partial charge in [-0.1, -0.05) is 13.3 Å². The number of carbonyl (C=O) groups is 1. The van der Waals surface area contributed by atoms with E-state index < -0.39 is 9.84 Å². The Balaban J connectivity index is 2.89. The molecule has 6 heteroatoms. The molecule has 20 heavy (non-hydrogen) atoms. The zero-order chi connectivity index (χ0) is 15.2. The minimum absolute atomic E-state index is 0.112. The minimum Gasteiger partial charge on any atom is -0.337 e. The first-order chi connectivity index (χ1) is 9.40. The number of benzene rings is 1. The van der Waals surface area contributed by atoms with Gasteiger partial charge in [-0.2, -0.15) is 0 Å². The largest absolute Gasteiger partial charge is 0.337 e. The van der Waals surface area contributed by atoms with Crippen LogP contribution in [-0.2, 0) is 9.84 Å². The lowest BCUT2D eigenvalue weighted by Gasteiger charge is -2.21. The first-order valence-electron chi connectivity index (χ1n) is 6.55. The molecule has 4 nitrogen and oxygen atoms in total. The highest BCUT2D eigenvalue weighted by Crippen LogP contribution is 2.12. The normalized spacial score (nSPS) is 11.3. The Morgan fingerprint density at radius 1 is 1.20 bits per heavy atom. The fourth-order valence-corrected chi connectivity index (χ4v) is 2.63. The maximum absolute atomic E-state index is 12.3. The van der Waals surface area contributed by atoms with Crippen LogP contribution in [0.5, 0.6) is 0 Å². The minimum atomic E-state index is -3.24. The van der Waals surface area contributed by atoms with Gasteiger partial charge in [-0.05, 0) is 30.7 Å². The van der Waals surface area contributed by atoms with Crippen LogP contribution in [0.1, 0.15) is 30.1 Å². The van der Waals surface area contributed by atoms with Crippen LogP contribution in [0, 0.1) is 0 Å². The van der Waals surface area contributed by atoms with Gasteiger partial charge in [0.25, 0.3) is 5.91 Å². The molecular weight excluding hydrogens is 298 g/mol. The molecule has 1 aromatic carbocycles. The van der Waals surface area contributed by atoms with Crippen molar-refractivity contribution >= 4 is 27.3 Å². The Morgan fingerprint density at radius 3 is 2.25 bits per heavy atom. The maximum atomic E-state index is 12.3. The van der Waals surface area contributed by atoms with Crippen LogP contribution in [0.15, 0.2) is 29.2 Å². The summed E-state index contributed by atoms with van der Waals surface area (Å²) in [5.74, 6) is 0.274. The summed E-state index contributed by atoms with van der Waals surface area (Å²) in [6.45, 7) is 3.22. The van der Waals surface area contributed by atoms with Crippen molar-refractivity contribution in [1.29, 1.82) is 0 Å². The Kier molecular flexibility index (Phi) is 6.49. The fourth-order valence-electron chi connectivity index (χ4n) is 1.79. The van der Waals surface area contributed by atoms with Gasteiger partial charge in [-0.3, -0.25) is 4.79 Å². The van der Waals surface area contributed by atoms with E-state index in [0.29, 0.717) is 24.5 Å². The second-order valence-electron chi connectivity index (χ2n) is 4.63. The first kappa shape index (κ1) is 17.0. The van der Waals surface area contributed by atoms with Gasteiger partial charge in [0, 0.05) is 30.8 Å². The molecule has 1 rings (SSSR count). The first-order valence-corrected chi connectivity index (χ1v) is 8.98. The number of nitrogens with zero attached hydrogens (tertiary/aromatic N) is 1. The summed E-state index contributed by atoms with van der Waals surface area (Å²) in [4.78, 5) is 14.2. The van der Waals surface area contributed by atoms with Gasteiger partial charge in [0.05, 0.1) is 4.90 Å². The van der Waals surface area contributed by atoms with E-state index in [1.54, 1.807) is 17.0 Å². The molecule has 0 spiro atoms. The smallest absolute Gasteiger partial charge is 0.253 e. The molecule has 0 radical (unpaired) electrons. The fraction of sp³-hybridized carbons (Fsp3) is 0.500. The number of amides is 1. The van der Waals surface area contributed by atoms with Crippen molar-refractivity contribution in [1.82, 2.24) is 4.90 Å². The van der Waals surface area contributed by atoms with Crippen LogP contribution >= 0.6 is 11.6 Å². The Morgan fingerprint density at radius 2 is 1.80 bits per heavy atom. The molecule has 0 fully saturated rings. The number of hydrogen-bond donors (Lipinski definition) is 0. The number of hydrogen-bond acceptors (Lipinski definition) is 3. The molecule has 1 amide bonds. The monoisotopic (exact) mass is 317 g/mol. The summed E-state index contributed by atoms with van der Waals surface area (Å²) in [6.07, 6.45) is 3.06. The van der Waals surface area contributed by atoms with Gasteiger partial charge >= 0.3 is 0 Å². The summed E-state index contributed by atoms with van der Waals surface area (Å²) >= 11 is 5.72. The third-order valence-corrected chi connectivity index (χ3v) is 4.25. The third kappa shape index (κ3) is 4.80. The second-order valence-corrected chi connectivity index (χ2v) is 7.02. The molecule has 0 aliphatic carbocycles. The number of unbranched alkanes of at least 4 members (excludes halogenated alkanes) is 1. The lowest BCUT2D eigenvalue weighted by Crippen LogP contribution is -2.33. The highest BCUT2D eigenvalue weighted by atomic mass is 35.5. The maximum Gasteiger partial charge on any atom is 0.253 e. The van der Waals surface area contributed by atoms with E-state index >= 15 is 0 Å². The quantitative estimate of drug-likeness (QED) is 0.726. The van der Waals surface area contributed by atoms with Crippen LogP contribution in [0.4, 0.5) is 0 Å². The number of alkyl halides is 1. The molecule has 0 bridgehead atoms. The van der Waals surface area contributed by atoms with Crippen molar-refractivity contribution in [3.05, 3.63) is 29.8 Å². The van der Waals surface area contributed by atoms with Gasteiger partial charge < -0.3 is 4.90 Å². The van der Waals surface area contributed by atoms with E-state index in [1.165, 1.54) is 12.1 Å². The lowest BCUT2D eigenvalue weighted by molar-refractivity contribution is 0.0763. The summed E-state index contributed by atoms with van der Waals surface area (Å²) in [7, 11) is -3.24. The van der Waals surface area contributed by atoms with Gasteiger partial charge in [0.15, 0.2) is 9.84 Å². The van der Waals surface area contributed by atoms with Crippen LogP contribution in [-0.4, -0.2) is 44.5 Å². The lowest BCUT2D eigenvalue weighted by atomic mass is 10.2. The van der Waals surface area contributed by atoms with Crippen molar-refractivity contribution < 1.29 is 13.2 Å². The van der Waals surface area contributed by atoms with Crippen molar-refractivity contribution in [2.45, 2.75) is 24.7 Å². The molecule has 0 atom stereocenters. The van der Waals surface area contributed by atoms with Gasteiger partial charge in [0.2, 0.25) is 0 Å². The van der Waals surface area contributed by atoms with Crippen LogP contribution < -0.4 is 0 Å². The van der Waals surface area contributed by atoms with E-state index in [0.717, 1.165) is 19.1 Å². The molecule has 0 heterocycles. The van der Waals surface area contributed by atoms with Crippen LogP contribution in [0.2, 0.25) is 0 Å². The molecule has 0 N–H and O–H groups in total. The second kappa shape index (κ2) is 7.64. The summed E-state index contributed by atoms with van der Waals surface area (Å²) in [5.41, 5.74) is 0.485. The molecule has 1 aromatic rings. The number of rotatable bonds is 7. The standard InChI is InChI=1S/C14H20ClNO3S/c1-3-4-10-16(11-9-15)14(17)12-5-7-13(8-6-12)20(2,18)19/h5-8H,3-4,9-11H2,1-2H3. The Labute approximate surface area is 125 Å². The Hall–Kier alpha value is -1.07. The molecular formula is C14H20ClNO3S. The van der Waals surface area contributed by atoms with Crippen LogP contribution in [0.25, 0.3) is 0 Å². The summed E-state index contributed by atoms with van der Waals surface area (Å²) in [6, 6.07) is 6.01. The number of halogens is 1. The van der Waals surface area contributed by atoms with Gasteiger partial charge in [0.1, 0.15) is 0 Å². The average Bonchev–Trinajstić information content (AvgIpc) is 2.42. The molecule has 0 aromatic heterocycles. The zero-order valence-corrected chi connectivity index (χ0v) is 13.4. The molecule has 0 saturated heterocycles. The summed E-state index contributed by atoms with van der Waals surface area (Å²) in [5, 5.41) is 0. The predicted octanol–water partition coefficient (Wildman–Crippen LogP) is 2.57. The highest BCUT2D eigenvalue weighted by Gasteiger charge is 2.15. The van der Waals surface area contributed by atoms with E-state index in [-0.39, 0.29) is 10.8 Å². The van der Waals surface area contributed by atoms with E-state index in [4.69, 9.17) is 11.6 Å². The Bertz CT molecular complexity index is 540. The van der Waals surface area contributed by atoms with Crippen LogP contribution in [0.3, 0.4) is 0 Å². The van der Waals surface area contributed by atoms with Crippen molar-refractivity contribution in [3.8, 4) is 0 Å². The predicted molar refractivity (Wildman–Crippen MR) is 81.1 cm³/mol. The zero-order valence-electron chi connectivity index (χ0n) is 11.8. The van der Waals surface area contributed by atoms with E-state index in [1.807, 2.05) is 0 Å². The average molecular weight is 318 g/mol.